The fourth-order valence-electron chi connectivity index (χ4n) is 3.70. The number of morpholine rings is 1. The van der Waals surface area contributed by atoms with Gasteiger partial charge in [-0.2, -0.15) is 0 Å². The maximum absolute atomic E-state index is 5.53. The molecule has 7 heteroatoms. The minimum Gasteiger partial charge on any atom is -0.378 e. The maximum atomic E-state index is 5.53. The van der Waals surface area contributed by atoms with Gasteiger partial charge in [0.25, 0.3) is 0 Å². The lowest BCUT2D eigenvalue weighted by molar-refractivity contribution is 0.122. The van der Waals surface area contributed by atoms with Crippen molar-refractivity contribution >= 4 is 35.1 Å². The van der Waals surface area contributed by atoms with Gasteiger partial charge in [0, 0.05) is 36.4 Å². The van der Waals surface area contributed by atoms with E-state index in [0.29, 0.717) is 19.0 Å². The van der Waals surface area contributed by atoms with E-state index in [1.807, 2.05) is 18.5 Å². The van der Waals surface area contributed by atoms with Gasteiger partial charge in [0.15, 0.2) is 5.82 Å². The fraction of sp³-hybridized carbons (Fsp3) is 0.348. The lowest BCUT2D eigenvalue weighted by Crippen LogP contribution is -2.37. The zero-order chi connectivity index (χ0) is 21.1. The van der Waals surface area contributed by atoms with E-state index >= 15 is 0 Å². The van der Waals surface area contributed by atoms with Gasteiger partial charge in [-0.1, -0.05) is 24.6 Å². The van der Waals surface area contributed by atoms with E-state index in [9.17, 15) is 0 Å². The summed E-state index contributed by atoms with van der Waals surface area (Å²) in [7, 11) is 0. The van der Waals surface area contributed by atoms with Crippen LogP contribution in [0.1, 0.15) is 32.9 Å². The van der Waals surface area contributed by atoms with Gasteiger partial charge < -0.3 is 14.6 Å². The smallest absolute Gasteiger partial charge is 0.163 e. The van der Waals surface area contributed by atoms with E-state index in [0.717, 1.165) is 58.1 Å². The number of anilines is 1. The maximum Gasteiger partial charge on any atom is 0.163 e. The Bertz CT molecular complexity index is 1110. The molecule has 4 rings (SSSR count). The number of hydrogen-bond acceptors (Lipinski definition) is 6. The summed E-state index contributed by atoms with van der Waals surface area (Å²) in [4.78, 5) is 20.5. The first kappa shape index (κ1) is 20.6. The summed E-state index contributed by atoms with van der Waals surface area (Å²) >= 11 is 4.86. The molecule has 0 radical (unpaired) electrons. The van der Waals surface area contributed by atoms with Crippen molar-refractivity contribution in [2.24, 2.45) is 0 Å². The molecule has 0 saturated carbocycles. The van der Waals surface area contributed by atoms with Gasteiger partial charge in [0.05, 0.1) is 23.8 Å². The van der Waals surface area contributed by atoms with Crippen LogP contribution in [0.2, 0.25) is 0 Å². The Morgan fingerprint density at radius 2 is 2.07 bits per heavy atom. The zero-order valence-electron chi connectivity index (χ0n) is 17.6. The molecule has 0 spiro atoms. The summed E-state index contributed by atoms with van der Waals surface area (Å²) in [6.45, 7) is 9.28. The third kappa shape index (κ3) is 4.27. The predicted octanol–water partition coefficient (Wildman–Crippen LogP) is 4.90. The van der Waals surface area contributed by atoms with Crippen LogP contribution in [0.15, 0.2) is 47.1 Å². The monoisotopic (exact) mass is 421 g/mol. The number of nitrogens with one attached hydrogen (secondary N) is 1. The van der Waals surface area contributed by atoms with Gasteiger partial charge in [-0.05, 0) is 38.0 Å². The van der Waals surface area contributed by atoms with E-state index in [2.05, 4.69) is 53.9 Å². The van der Waals surface area contributed by atoms with Crippen molar-refractivity contribution in [2.45, 2.75) is 32.1 Å². The molecule has 0 atom stereocenters. The summed E-state index contributed by atoms with van der Waals surface area (Å²) in [6, 6.07) is 4.08. The molecule has 3 aromatic rings. The van der Waals surface area contributed by atoms with Crippen molar-refractivity contribution in [3.05, 3.63) is 47.9 Å². The largest absolute Gasteiger partial charge is 0.378 e. The van der Waals surface area contributed by atoms with Crippen molar-refractivity contribution in [3.8, 4) is 11.4 Å². The van der Waals surface area contributed by atoms with Gasteiger partial charge in [-0.25, -0.2) is 15.0 Å². The third-order valence-electron chi connectivity index (χ3n) is 5.18. The highest BCUT2D eigenvalue weighted by molar-refractivity contribution is 7.80. The van der Waals surface area contributed by atoms with Crippen LogP contribution in [0, 0.1) is 0 Å². The highest BCUT2D eigenvalue weighted by Gasteiger charge is 2.21. The Labute approximate surface area is 182 Å². The first-order valence-corrected chi connectivity index (χ1v) is 10.7. The number of pyridine rings is 1. The van der Waals surface area contributed by atoms with Crippen molar-refractivity contribution < 1.29 is 4.74 Å². The minimum absolute atomic E-state index is 0.657. The van der Waals surface area contributed by atoms with Crippen LogP contribution in [0.4, 0.5) is 5.82 Å². The molecule has 1 aliphatic heterocycles. The average molecular weight is 422 g/mol. The molecule has 156 valence electrons. The molecule has 0 unspecified atom stereocenters. The number of aromatic nitrogens is 4. The molecule has 1 saturated heterocycles. The third-order valence-corrected chi connectivity index (χ3v) is 5.59. The predicted molar refractivity (Wildman–Crippen MR) is 125 cm³/mol. The summed E-state index contributed by atoms with van der Waals surface area (Å²) in [5, 5.41) is 1.04. The Hall–Kier alpha value is -2.64. The van der Waals surface area contributed by atoms with Crippen LogP contribution in [-0.2, 0) is 4.74 Å². The van der Waals surface area contributed by atoms with Gasteiger partial charge in [0.1, 0.15) is 11.5 Å². The molecular formula is C23H27N5OS. The Morgan fingerprint density at radius 1 is 1.27 bits per heavy atom. The number of H-pyrrole nitrogens is 1. The van der Waals surface area contributed by atoms with Crippen LogP contribution >= 0.6 is 12.6 Å². The molecule has 30 heavy (non-hydrogen) atoms. The highest BCUT2D eigenvalue weighted by Crippen LogP contribution is 2.33. The molecule has 0 amide bonds. The van der Waals surface area contributed by atoms with Crippen molar-refractivity contribution in [3.63, 3.8) is 0 Å². The highest BCUT2D eigenvalue weighted by atomic mass is 32.1. The van der Waals surface area contributed by atoms with Gasteiger partial charge in [-0.15, -0.1) is 12.6 Å². The SMILES string of the molecule is CC/C=C(C)/C=C(\C)c1nc(-c2cnc3[nH]ccc3c2)nc(N2CCOCC2)c1S. The van der Waals surface area contributed by atoms with E-state index in [1.54, 1.807) is 0 Å². The van der Waals surface area contributed by atoms with Gasteiger partial charge >= 0.3 is 0 Å². The van der Waals surface area contributed by atoms with Crippen LogP contribution in [0.5, 0.6) is 0 Å². The van der Waals surface area contributed by atoms with Crippen LogP contribution < -0.4 is 4.90 Å². The average Bonchev–Trinajstić information content (AvgIpc) is 3.22. The van der Waals surface area contributed by atoms with Crippen LogP contribution in [-0.4, -0.2) is 46.2 Å². The number of ether oxygens (including phenoxy) is 1. The molecule has 1 aliphatic rings. The Kier molecular flexibility index (Phi) is 6.20. The van der Waals surface area contributed by atoms with E-state index in [-0.39, 0.29) is 0 Å². The summed E-state index contributed by atoms with van der Waals surface area (Å²) in [5.74, 6) is 1.51. The summed E-state index contributed by atoms with van der Waals surface area (Å²) in [6.07, 6.45) is 9.07. The molecule has 0 bridgehead atoms. The van der Waals surface area contributed by atoms with E-state index < -0.39 is 0 Å². The minimum atomic E-state index is 0.657. The Morgan fingerprint density at radius 3 is 2.83 bits per heavy atom. The van der Waals surface area contributed by atoms with Crippen molar-refractivity contribution in [1.82, 2.24) is 19.9 Å². The lowest BCUT2D eigenvalue weighted by Gasteiger charge is -2.29. The number of rotatable bonds is 5. The number of hydrogen-bond donors (Lipinski definition) is 2. The molecule has 1 fully saturated rings. The number of fused-ring (bicyclic) bond motifs is 1. The van der Waals surface area contributed by atoms with Crippen LogP contribution in [0.3, 0.4) is 0 Å². The molecule has 3 aromatic heterocycles. The zero-order valence-corrected chi connectivity index (χ0v) is 18.5. The first-order valence-electron chi connectivity index (χ1n) is 10.3. The quantitative estimate of drug-likeness (QED) is 0.453. The normalized spacial score (nSPS) is 15.8. The van der Waals surface area contributed by atoms with Gasteiger partial charge in [0.2, 0.25) is 0 Å². The topological polar surface area (TPSA) is 66.9 Å². The van der Waals surface area contributed by atoms with Gasteiger partial charge in [-0.3, -0.25) is 0 Å². The number of nitrogens with zero attached hydrogens (tertiary/aromatic N) is 4. The molecule has 4 heterocycles. The molecule has 0 aliphatic carbocycles. The molecule has 0 aromatic carbocycles. The van der Waals surface area contributed by atoms with Crippen molar-refractivity contribution in [2.75, 3.05) is 31.2 Å². The van der Waals surface area contributed by atoms with Crippen molar-refractivity contribution in [1.29, 1.82) is 0 Å². The summed E-state index contributed by atoms with van der Waals surface area (Å²) in [5.41, 5.74) is 4.87. The second kappa shape index (κ2) is 9.02. The van der Waals surface area contributed by atoms with E-state index in [4.69, 9.17) is 27.3 Å². The number of thiol groups is 1. The molecule has 1 N–H and O–H groups in total. The standard InChI is InChI=1S/C23H27N5OS/c1-4-5-15(2)12-16(3)19-20(30)23(28-8-10-29-11-9-28)27-22(26-19)18-13-17-6-7-24-21(17)25-14-18/h5-7,12-14,30H,4,8-11H2,1-3H3,(H,24,25)/b15-5+,16-12+. The lowest BCUT2D eigenvalue weighted by atomic mass is 10.1. The number of aromatic amines is 1. The molecular weight excluding hydrogens is 394 g/mol. The second-order valence-corrected chi connectivity index (χ2v) is 7.94. The molecule has 6 nitrogen and oxygen atoms in total. The van der Waals surface area contributed by atoms with E-state index in [1.165, 1.54) is 5.57 Å². The fourth-order valence-corrected chi connectivity index (χ4v) is 4.11. The first-order chi connectivity index (χ1) is 14.6. The Balaban J connectivity index is 1.85. The van der Waals surface area contributed by atoms with Crippen LogP contribution in [0.25, 0.3) is 28.0 Å². The number of allylic oxidation sites excluding steroid dienone is 4. The summed E-state index contributed by atoms with van der Waals surface area (Å²) < 4.78 is 5.53. The second-order valence-electron chi connectivity index (χ2n) is 7.49.